The number of amides is 2. The van der Waals surface area contributed by atoms with Crippen LogP contribution in [-0.4, -0.2) is 81.7 Å². The average molecular weight is 609 g/mol. The summed E-state index contributed by atoms with van der Waals surface area (Å²) in [5.74, 6) is 0.685. The molecule has 1 aliphatic heterocycles. The minimum absolute atomic E-state index is 0.00865. The van der Waals surface area contributed by atoms with Crippen molar-refractivity contribution >= 4 is 29.1 Å². The fourth-order valence-electron chi connectivity index (χ4n) is 6.21. The molecule has 2 N–H and O–H groups in total. The fourth-order valence-corrected chi connectivity index (χ4v) is 6.21. The number of hydrogen-bond acceptors (Lipinski definition) is 8. The molecular weight excluding hydrogens is 568 g/mol. The highest BCUT2D eigenvalue weighted by Crippen LogP contribution is 2.36. The Bertz CT molecular complexity index is 1730. The van der Waals surface area contributed by atoms with Crippen LogP contribution in [0.2, 0.25) is 0 Å². The van der Waals surface area contributed by atoms with E-state index in [0.29, 0.717) is 54.6 Å². The smallest absolute Gasteiger partial charge is 0.276 e. The minimum atomic E-state index is -0.214. The maximum absolute atomic E-state index is 13.6. The Kier molecular flexibility index (Phi) is 8.53. The van der Waals surface area contributed by atoms with Crippen LogP contribution in [0.5, 0.6) is 5.75 Å². The number of anilines is 3. The second-order valence-corrected chi connectivity index (χ2v) is 11.6. The maximum atomic E-state index is 13.6. The largest absolute Gasteiger partial charge is 0.495 e. The van der Waals surface area contributed by atoms with Gasteiger partial charge in [-0.05, 0) is 67.6 Å². The van der Waals surface area contributed by atoms with E-state index in [0.717, 1.165) is 65.3 Å². The van der Waals surface area contributed by atoms with Gasteiger partial charge in [-0.25, -0.2) is 9.97 Å². The molecule has 4 aromatic rings. The zero-order chi connectivity index (χ0) is 31.7. The molecule has 2 aromatic carbocycles. The molecule has 1 aliphatic carbocycles. The number of carbonyl (C=O) groups excluding carboxylic acids is 2. The predicted molar refractivity (Wildman–Crippen MR) is 174 cm³/mol. The second-order valence-electron chi connectivity index (χ2n) is 11.6. The number of aromatic nitrogens is 4. The van der Waals surface area contributed by atoms with Gasteiger partial charge in [0, 0.05) is 56.2 Å². The van der Waals surface area contributed by atoms with E-state index >= 15 is 0 Å². The third kappa shape index (κ3) is 5.87. The predicted octanol–water partition coefficient (Wildman–Crippen LogP) is 4.49. The summed E-state index contributed by atoms with van der Waals surface area (Å²) in [5.41, 5.74) is 8.15. The first-order valence-electron chi connectivity index (χ1n) is 15.6. The van der Waals surface area contributed by atoms with Crippen LogP contribution in [0, 0.1) is 0 Å². The van der Waals surface area contributed by atoms with Gasteiger partial charge in [0.2, 0.25) is 5.95 Å². The lowest BCUT2D eigenvalue weighted by atomic mass is 9.93. The lowest BCUT2D eigenvalue weighted by molar-refractivity contribution is 0.0663. The highest BCUT2D eigenvalue weighted by atomic mass is 16.5. The molecular formula is C34H40N8O3. The third-order valence-corrected chi connectivity index (χ3v) is 8.82. The lowest BCUT2D eigenvalue weighted by Gasteiger charge is -2.32. The van der Waals surface area contributed by atoms with Crippen LogP contribution in [0.1, 0.15) is 56.9 Å². The highest BCUT2D eigenvalue weighted by Gasteiger charge is 2.30. The third-order valence-electron chi connectivity index (χ3n) is 8.82. The van der Waals surface area contributed by atoms with Gasteiger partial charge in [0.25, 0.3) is 11.8 Å². The van der Waals surface area contributed by atoms with E-state index in [-0.39, 0.29) is 11.8 Å². The molecule has 2 amide bonds. The summed E-state index contributed by atoms with van der Waals surface area (Å²) in [7, 11) is 5.49. The fraction of sp³-hybridized carbons (Fsp3) is 0.382. The Morgan fingerprint density at radius 2 is 1.71 bits per heavy atom. The zero-order valence-corrected chi connectivity index (χ0v) is 26.6. The Morgan fingerprint density at radius 1 is 0.978 bits per heavy atom. The molecule has 2 aromatic heterocycles. The molecule has 11 heteroatoms. The van der Waals surface area contributed by atoms with Crippen molar-refractivity contribution in [2.45, 2.75) is 39.5 Å². The van der Waals surface area contributed by atoms with E-state index in [9.17, 15) is 9.59 Å². The number of likely N-dealkylation sites (N-methyl/N-ethyl adjacent to an activating group) is 1. The summed E-state index contributed by atoms with van der Waals surface area (Å²) in [5, 5.41) is 11.1. The SMILES string of the molecule is CCc1cccc(CC)c1NC(=O)c1nn(C)c2c1CCc1cnc(Nc3ccc(C(=O)N4CCN(C)CC4)cc3OC)nc1-2. The molecule has 2 aliphatic rings. The van der Waals surface area contributed by atoms with Crippen LogP contribution in [0.15, 0.2) is 42.6 Å². The van der Waals surface area contributed by atoms with Gasteiger partial charge < -0.3 is 25.2 Å². The molecule has 0 spiro atoms. The molecule has 1 fully saturated rings. The standard InChI is InChI=1S/C34H40N8O3/c1-6-21-9-8-10-22(7-2)28(21)37-32(43)30-25-13-11-24-20-35-34(38-29(24)31(25)41(4)39-30)36-26-14-12-23(19-27(26)45-5)33(44)42-17-15-40(3)16-18-42/h8-10,12,14,19-20H,6-7,11,13,15-18H2,1-5H3,(H,37,43)(H,35,36,38). The number of nitrogens with one attached hydrogen (secondary N) is 2. The van der Waals surface area contributed by atoms with Gasteiger partial charge in [-0.15, -0.1) is 0 Å². The number of fused-ring (bicyclic) bond motifs is 3. The van der Waals surface area contributed by atoms with Crippen LogP contribution < -0.4 is 15.4 Å². The number of nitrogens with zero attached hydrogens (tertiary/aromatic N) is 6. The van der Waals surface area contributed by atoms with Crippen molar-refractivity contribution in [1.82, 2.24) is 29.5 Å². The number of ether oxygens (including phenoxy) is 1. The van der Waals surface area contributed by atoms with Crippen LogP contribution in [0.3, 0.4) is 0 Å². The van der Waals surface area contributed by atoms with E-state index in [2.05, 4.69) is 58.6 Å². The molecule has 0 bridgehead atoms. The van der Waals surface area contributed by atoms with E-state index in [1.54, 1.807) is 23.9 Å². The molecule has 0 saturated carbocycles. The van der Waals surface area contributed by atoms with Gasteiger partial charge in [0.1, 0.15) is 5.75 Å². The number of hydrogen-bond donors (Lipinski definition) is 2. The molecule has 11 nitrogen and oxygen atoms in total. The Hall–Kier alpha value is -4.77. The average Bonchev–Trinajstić information content (AvgIpc) is 3.41. The van der Waals surface area contributed by atoms with Crippen LogP contribution >= 0.6 is 0 Å². The number of methoxy groups -OCH3 is 1. The van der Waals surface area contributed by atoms with Gasteiger partial charge in [-0.2, -0.15) is 5.10 Å². The molecule has 1 saturated heterocycles. The van der Waals surface area contributed by atoms with Crippen LogP contribution in [-0.2, 0) is 32.7 Å². The maximum Gasteiger partial charge on any atom is 0.276 e. The first-order chi connectivity index (χ1) is 21.8. The quantitative estimate of drug-likeness (QED) is 0.301. The van der Waals surface area contributed by atoms with Gasteiger partial charge >= 0.3 is 0 Å². The molecule has 3 heterocycles. The summed E-state index contributed by atoms with van der Waals surface area (Å²) >= 11 is 0. The van der Waals surface area contributed by atoms with Gasteiger partial charge in [-0.3, -0.25) is 14.3 Å². The van der Waals surface area contributed by atoms with Gasteiger partial charge in [0.05, 0.1) is 24.2 Å². The van der Waals surface area contributed by atoms with Crippen molar-refractivity contribution in [3.8, 4) is 17.1 Å². The second kappa shape index (κ2) is 12.7. The molecule has 0 unspecified atom stereocenters. The van der Waals surface area contributed by atoms with E-state index in [1.807, 2.05) is 30.3 Å². The summed E-state index contributed by atoms with van der Waals surface area (Å²) in [6.45, 7) is 7.29. The number of rotatable bonds is 8. The number of benzene rings is 2. The van der Waals surface area contributed by atoms with Gasteiger partial charge in [0.15, 0.2) is 5.69 Å². The highest BCUT2D eigenvalue weighted by molar-refractivity contribution is 6.06. The van der Waals surface area contributed by atoms with Crippen molar-refractivity contribution in [3.05, 3.63) is 76.1 Å². The number of carbonyl (C=O) groups is 2. The first kappa shape index (κ1) is 30.3. The van der Waals surface area contributed by atoms with Crippen LogP contribution in [0.25, 0.3) is 11.4 Å². The molecule has 234 valence electrons. The van der Waals surface area contributed by atoms with E-state index < -0.39 is 0 Å². The van der Waals surface area contributed by atoms with Crippen molar-refractivity contribution in [2.75, 3.05) is 51.0 Å². The van der Waals surface area contributed by atoms with Crippen molar-refractivity contribution in [3.63, 3.8) is 0 Å². The normalized spacial score (nSPS) is 14.5. The number of para-hydroxylation sites is 1. The Labute approximate surface area is 263 Å². The molecule has 0 radical (unpaired) electrons. The van der Waals surface area contributed by atoms with Crippen LogP contribution in [0.4, 0.5) is 17.3 Å². The molecule has 45 heavy (non-hydrogen) atoms. The summed E-state index contributed by atoms with van der Waals surface area (Å²) in [6.07, 6.45) is 4.84. The van der Waals surface area contributed by atoms with Crippen molar-refractivity contribution in [1.29, 1.82) is 0 Å². The molecule has 6 rings (SSSR count). The van der Waals surface area contributed by atoms with E-state index in [1.165, 1.54) is 0 Å². The summed E-state index contributed by atoms with van der Waals surface area (Å²) in [6, 6.07) is 11.5. The van der Waals surface area contributed by atoms with Gasteiger partial charge in [-0.1, -0.05) is 32.0 Å². The first-order valence-corrected chi connectivity index (χ1v) is 15.6. The molecule has 0 atom stereocenters. The monoisotopic (exact) mass is 608 g/mol. The lowest BCUT2D eigenvalue weighted by Crippen LogP contribution is -2.47. The number of aryl methyl sites for hydroxylation is 4. The van der Waals surface area contributed by atoms with Crippen molar-refractivity contribution < 1.29 is 14.3 Å². The summed E-state index contributed by atoms with van der Waals surface area (Å²) in [4.78, 5) is 40.3. The topological polar surface area (TPSA) is 118 Å². The Balaban J connectivity index is 1.26. The van der Waals surface area contributed by atoms with Crippen molar-refractivity contribution in [2.24, 2.45) is 7.05 Å². The van der Waals surface area contributed by atoms with E-state index in [4.69, 9.17) is 9.72 Å². The number of piperazine rings is 1. The summed E-state index contributed by atoms with van der Waals surface area (Å²) < 4.78 is 7.40. The minimum Gasteiger partial charge on any atom is -0.495 e. The zero-order valence-electron chi connectivity index (χ0n) is 26.6. The Morgan fingerprint density at radius 3 is 2.40 bits per heavy atom.